The number of rotatable bonds is 6. The van der Waals surface area contributed by atoms with Gasteiger partial charge in [0, 0.05) is 67.2 Å². The highest BCUT2D eigenvalue weighted by atomic mass is 15.1. The second-order valence-electron chi connectivity index (χ2n) is 9.52. The fourth-order valence-electron chi connectivity index (χ4n) is 6.96. The Bertz CT molecular complexity index is 1200. The number of nitrogens with one attached hydrogen (secondary N) is 2. The molecule has 0 amide bonds. The summed E-state index contributed by atoms with van der Waals surface area (Å²) in [7, 11) is 0. The Morgan fingerprint density at radius 3 is 1.45 bits per heavy atom. The normalized spacial score (nSPS) is 28.0. The van der Waals surface area contributed by atoms with Gasteiger partial charge in [-0.25, -0.2) is 0 Å². The summed E-state index contributed by atoms with van der Waals surface area (Å²) < 4.78 is 0. The summed E-state index contributed by atoms with van der Waals surface area (Å²) in [6.45, 7) is 1.69. The molecule has 2 heterocycles. The molecule has 0 aliphatic heterocycles. The highest BCUT2D eigenvalue weighted by Crippen LogP contribution is 2.75. The number of hydrogen-bond acceptors (Lipinski definition) is 4. The molecule has 7 rings (SSSR count). The van der Waals surface area contributed by atoms with Crippen molar-refractivity contribution < 1.29 is 0 Å². The van der Waals surface area contributed by atoms with Crippen LogP contribution in [0.4, 0.5) is 0 Å². The molecule has 0 bridgehead atoms. The van der Waals surface area contributed by atoms with Crippen LogP contribution in [0.2, 0.25) is 0 Å². The van der Waals surface area contributed by atoms with Gasteiger partial charge in [-0.3, -0.25) is 9.97 Å². The van der Waals surface area contributed by atoms with Crippen molar-refractivity contribution >= 4 is 0 Å². The third-order valence-electron chi connectivity index (χ3n) is 8.15. The maximum atomic E-state index is 4.19. The van der Waals surface area contributed by atoms with E-state index in [1.807, 2.05) is 24.8 Å². The molecule has 4 nitrogen and oxygen atoms in total. The van der Waals surface area contributed by atoms with Crippen molar-refractivity contribution in [1.82, 2.24) is 20.6 Å². The SMILES string of the molecule is c1ccc2c(c1)C1C(NCc3ccncc3)C(NCc3ccncc3)C3c4ccccc4C213. The number of aromatic nitrogens is 2. The van der Waals surface area contributed by atoms with Crippen LogP contribution in [0.3, 0.4) is 0 Å². The van der Waals surface area contributed by atoms with Gasteiger partial charge in [0.25, 0.3) is 0 Å². The lowest BCUT2D eigenvalue weighted by atomic mass is 9.43. The molecule has 1 spiro atoms. The molecule has 2 N–H and O–H groups in total. The minimum atomic E-state index is 0.124. The van der Waals surface area contributed by atoms with Crippen LogP contribution in [-0.4, -0.2) is 22.1 Å². The first-order chi connectivity index (χ1) is 16.4. The third kappa shape index (κ3) is 2.59. The Kier molecular flexibility index (Phi) is 4.26. The summed E-state index contributed by atoms with van der Waals surface area (Å²) in [5.41, 5.74) is 8.76. The lowest BCUT2D eigenvalue weighted by Gasteiger charge is -2.59. The summed E-state index contributed by atoms with van der Waals surface area (Å²) in [5, 5.41) is 7.97. The lowest BCUT2D eigenvalue weighted by molar-refractivity contribution is 0.294. The van der Waals surface area contributed by atoms with Crippen molar-refractivity contribution in [3.8, 4) is 0 Å². The Balaban J connectivity index is 1.29. The Morgan fingerprint density at radius 2 is 1.00 bits per heavy atom. The quantitative estimate of drug-likeness (QED) is 0.479. The Morgan fingerprint density at radius 1 is 0.576 bits per heavy atom. The van der Waals surface area contributed by atoms with Gasteiger partial charge in [-0.05, 0) is 57.6 Å². The maximum Gasteiger partial charge on any atom is 0.0376 e. The molecule has 4 heteroatoms. The van der Waals surface area contributed by atoms with Crippen LogP contribution < -0.4 is 10.6 Å². The van der Waals surface area contributed by atoms with Crippen LogP contribution in [-0.2, 0) is 18.5 Å². The standard InChI is InChI=1S/C29H26N4/c1-3-7-23-21(5-1)25-27(32-17-19-9-13-30-14-10-19)28(33-18-20-11-15-31-16-12-20)26-22-6-2-4-8-24(22)29(23,25)26/h1-16,25-28,32-33H,17-18H2. The molecule has 1 saturated carbocycles. The van der Waals surface area contributed by atoms with E-state index in [-0.39, 0.29) is 5.41 Å². The Hall–Kier alpha value is -3.34. The largest absolute Gasteiger partial charge is 0.308 e. The summed E-state index contributed by atoms with van der Waals surface area (Å²) >= 11 is 0. The van der Waals surface area contributed by atoms with Gasteiger partial charge in [-0.2, -0.15) is 0 Å². The van der Waals surface area contributed by atoms with Gasteiger partial charge in [-0.1, -0.05) is 48.5 Å². The number of nitrogens with zero attached hydrogens (tertiary/aromatic N) is 2. The number of pyridine rings is 2. The molecular weight excluding hydrogens is 404 g/mol. The lowest BCUT2D eigenvalue weighted by Crippen LogP contribution is -2.54. The number of hydrogen-bond donors (Lipinski definition) is 2. The van der Waals surface area contributed by atoms with Crippen LogP contribution in [0, 0.1) is 0 Å². The van der Waals surface area contributed by atoms with E-state index in [9.17, 15) is 0 Å². The first kappa shape index (κ1) is 19.2. The van der Waals surface area contributed by atoms with Gasteiger partial charge in [-0.15, -0.1) is 0 Å². The molecule has 3 aliphatic rings. The average Bonchev–Trinajstić information content (AvgIpc) is 3.07. The molecule has 0 saturated heterocycles. The van der Waals surface area contributed by atoms with Crippen LogP contribution in [0.1, 0.15) is 45.2 Å². The van der Waals surface area contributed by atoms with Crippen molar-refractivity contribution in [3.05, 3.63) is 131 Å². The molecule has 162 valence electrons. The topological polar surface area (TPSA) is 49.8 Å². The second-order valence-corrected chi connectivity index (χ2v) is 9.52. The van der Waals surface area contributed by atoms with Crippen LogP contribution in [0.15, 0.2) is 97.6 Å². The summed E-state index contributed by atoms with van der Waals surface area (Å²) in [4.78, 5) is 8.37. The number of benzene rings is 2. The predicted molar refractivity (Wildman–Crippen MR) is 129 cm³/mol. The fraction of sp³-hybridized carbons (Fsp3) is 0.241. The first-order valence-electron chi connectivity index (χ1n) is 11.8. The van der Waals surface area contributed by atoms with Gasteiger partial charge in [0.15, 0.2) is 0 Å². The minimum absolute atomic E-state index is 0.124. The van der Waals surface area contributed by atoms with E-state index in [4.69, 9.17) is 0 Å². The zero-order valence-electron chi connectivity index (χ0n) is 18.4. The number of fused-ring (bicyclic) bond motifs is 4. The highest BCUT2D eigenvalue weighted by molar-refractivity contribution is 5.72. The smallest absolute Gasteiger partial charge is 0.0376 e. The van der Waals surface area contributed by atoms with Crippen molar-refractivity contribution in [2.24, 2.45) is 0 Å². The predicted octanol–water partition coefficient (Wildman–Crippen LogP) is 4.29. The Labute approximate surface area is 194 Å². The first-order valence-corrected chi connectivity index (χ1v) is 11.8. The third-order valence-corrected chi connectivity index (χ3v) is 8.15. The van der Waals surface area contributed by atoms with Gasteiger partial charge in [0.05, 0.1) is 0 Å². The molecular formula is C29H26N4. The molecule has 33 heavy (non-hydrogen) atoms. The van der Waals surface area contributed by atoms with Gasteiger partial charge < -0.3 is 10.6 Å². The summed E-state index contributed by atoms with van der Waals surface area (Å²) in [5.74, 6) is 0.954. The van der Waals surface area contributed by atoms with Crippen LogP contribution >= 0.6 is 0 Å². The maximum absolute atomic E-state index is 4.19. The molecule has 4 aromatic rings. The summed E-state index contributed by atoms with van der Waals surface area (Å²) in [6, 6.07) is 27.3. The van der Waals surface area contributed by atoms with E-state index in [2.05, 4.69) is 93.4 Å². The molecule has 1 fully saturated rings. The van der Waals surface area contributed by atoms with E-state index in [1.165, 1.54) is 33.4 Å². The molecule has 2 aromatic heterocycles. The zero-order chi connectivity index (χ0) is 21.8. The monoisotopic (exact) mass is 430 g/mol. The van der Waals surface area contributed by atoms with Crippen LogP contribution in [0.25, 0.3) is 0 Å². The zero-order valence-corrected chi connectivity index (χ0v) is 18.4. The average molecular weight is 431 g/mol. The molecule has 2 aromatic carbocycles. The van der Waals surface area contributed by atoms with E-state index in [0.29, 0.717) is 23.9 Å². The van der Waals surface area contributed by atoms with Gasteiger partial charge >= 0.3 is 0 Å². The van der Waals surface area contributed by atoms with E-state index < -0.39 is 0 Å². The van der Waals surface area contributed by atoms with Gasteiger partial charge in [0.1, 0.15) is 0 Å². The van der Waals surface area contributed by atoms with Crippen LogP contribution in [0.5, 0.6) is 0 Å². The van der Waals surface area contributed by atoms with Crippen molar-refractivity contribution in [1.29, 1.82) is 0 Å². The molecule has 0 radical (unpaired) electrons. The van der Waals surface area contributed by atoms with Crippen molar-refractivity contribution in [3.63, 3.8) is 0 Å². The van der Waals surface area contributed by atoms with Crippen molar-refractivity contribution in [2.75, 3.05) is 0 Å². The van der Waals surface area contributed by atoms with E-state index in [0.717, 1.165) is 13.1 Å². The van der Waals surface area contributed by atoms with Gasteiger partial charge in [0.2, 0.25) is 0 Å². The van der Waals surface area contributed by atoms with E-state index in [1.54, 1.807) is 0 Å². The molecule has 4 atom stereocenters. The molecule has 3 aliphatic carbocycles. The molecule has 4 unspecified atom stereocenters. The van der Waals surface area contributed by atoms with Crippen molar-refractivity contribution in [2.45, 2.75) is 42.4 Å². The summed E-state index contributed by atoms with van der Waals surface area (Å²) in [6.07, 6.45) is 7.52. The minimum Gasteiger partial charge on any atom is -0.308 e. The second kappa shape index (κ2) is 7.34. The van der Waals surface area contributed by atoms with E-state index >= 15 is 0 Å². The highest BCUT2D eigenvalue weighted by Gasteiger charge is 2.73. The fourth-order valence-corrected chi connectivity index (χ4v) is 6.96.